The number of rotatable bonds is 8. The first kappa shape index (κ1) is 20.9. The molecule has 29 heavy (non-hydrogen) atoms. The number of benzene rings is 2. The molecule has 7 heteroatoms. The Labute approximate surface area is 168 Å². The van der Waals surface area contributed by atoms with Gasteiger partial charge in [-0.1, -0.05) is 20.3 Å². The molecule has 0 spiro atoms. The van der Waals surface area contributed by atoms with Gasteiger partial charge in [-0.2, -0.15) is 0 Å². The second kappa shape index (κ2) is 9.11. The van der Waals surface area contributed by atoms with Gasteiger partial charge < -0.3 is 9.47 Å². The molecule has 1 aromatic heterocycles. The van der Waals surface area contributed by atoms with E-state index in [4.69, 9.17) is 0 Å². The topological polar surface area (TPSA) is 38.1 Å². The number of aryl methyl sites for hydroxylation is 1. The molecule has 3 rings (SSSR count). The zero-order chi connectivity index (χ0) is 21.0. The van der Waals surface area contributed by atoms with Crippen molar-refractivity contribution in [2.24, 2.45) is 0 Å². The van der Waals surface area contributed by atoms with E-state index in [1.807, 2.05) is 18.4 Å². The van der Waals surface area contributed by atoms with E-state index in [1.165, 1.54) is 18.2 Å². The zero-order valence-electron chi connectivity index (χ0n) is 16.6. The summed E-state index contributed by atoms with van der Waals surface area (Å²) < 4.78 is 42.5. The van der Waals surface area contributed by atoms with E-state index in [0.717, 1.165) is 31.4 Å². The summed E-state index contributed by atoms with van der Waals surface area (Å²) >= 11 is 0. The predicted molar refractivity (Wildman–Crippen MR) is 106 cm³/mol. The second-order valence-corrected chi connectivity index (χ2v) is 7.02. The predicted octanol–water partition coefficient (Wildman–Crippen LogP) is 5.31. The Balaban J connectivity index is 1.96. The maximum absolute atomic E-state index is 13.7. The lowest BCUT2D eigenvalue weighted by Gasteiger charge is -2.23. The molecule has 0 unspecified atom stereocenters. The normalized spacial score (nSPS) is 11.2. The van der Waals surface area contributed by atoms with E-state index in [-0.39, 0.29) is 17.9 Å². The largest absolute Gasteiger partial charge is 0.331 e. The summed E-state index contributed by atoms with van der Waals surface area (Å²) in [4.78, 5) is 19.2. The van der Waals surface area contributed by atoms with Crippen LogP contribution in [0.2, 0.25) is 0 Å². The van der Waals surface area contributed by atoms with Crippen molar-refractivity contribution in [3.63, 3.8) is 0 Å². The van der Waals surface area contributed by atoms with Crippen LogP contribution in [0.15, 0.2) is 36.4 Å². The van der Waals surface area contributed by atoms with Gasteiger partial charge in [-0.25, -0.2) is 18.2 Å². The Kier molecular flexibility index (Phi) is 6.56. The van der Waals surface area contributed by atoms with Crippen molar-refractivity contribution < 1.29 is 18.0 Å². The van der Waals surface area contributed by atoms with Crippen LogP contribution in [-0.2, 0) is 13.1 Å². The minimum Gasteiger partial charge on any atom is -0.331 e. The van der Waals surface area contributed by atoms with Crippen LogP contribution >= 0.6 is 0 Å². The summed E-state index contributed by atoms with van der Waals surface area (Å²) in [5, 5.41) is 0. The molecule has 1 amide bonds. The zero-order valence-corrected chi connectivity index (χ0v) is 16.6. The minimum atomic E-state index is -1.06. The molecule has 0 atom stereocenters. The quantitative estimate of drug-likeness (QED) is 0.511. The molecule has 0 bridgehead atoms. The fraction of sp³-hybridized carbons (Fsp3) is 0.364. The molecule has 0 aliphatic carbocycles. The monoisotopic (exact) mass is 403 g/mol. The lowest BCUT2D eigenvalue weighted by molar-refractivity contribution is 0.0734. The maximum Gasteiger partial charge on any atom is 0.254 e. The van der Waals surface area contributed by atoms with E-state index in [1.54, 1.807) is 11.0 Å². The first-order chi connectivity index (χ1) is 13.9. The van der Waals surface area contributed by atoms with Crippen LogP contribution < -0.4 is 0 Å². The number of imidazole rings is 1. The summed E-state index contributed by atoms with van der Waals surface area (Å²) in [5.74, 6) is -2.14. The van der Waals surface area contributed by atoms with Crippen molar-refractivity contribution >= 4 is 16.9 Å². The number of unbranched alkanes of at least 4 members (excludes halogenated alkanes) is 1. The average Bonchev–Trinajstić information content (AvgIpc) is 3.03. The number of carbonyl (C=O) groups is 1. The van der Waals surface area contributed by atoms with Gasteiger partial charge in [0.1, 0.15) is 11.6 Å². The minimum absolute atomic E-state index is 0.0872. The van der Waals surface area contributed by atoms with Gasteiger partial charge in [0.2, 0.25) is 0 Å². The molecular weight excluding hydrogens is 379 g/mol. The van der Waals surface area contributed by atoms with Gasteiger partial charge in [-0.15, -0.1) is 0 Å². The maximum atomic E-state index is 13.7. The molecule has 0 aliphatic rings. The first-order valence-electron chi connectivity index (χ1n) is 9.83. The third-order valence-electron chi connectivity index (χ3n) is 4.80. The van der Waals surface area contributed by atoms with E-state index >= 15 is 0 Å². The average molecular weight is 403 g/mol. The van der Waals surface area contributed by atoms with Crippen LogP contribution in [0, 0.1) is 17.5 Å². The molecule has 0 fully saturated rings. The lowest BCUT2D eigenvalue weighted by Crippen LogP contribution is -2.32. The molecule has 0 saturated heterocycles. The van der Waals surface area contributed by atoms with Crippen LogP contribution in [0.5, 0.6) is 0 Å². The second-order valence-electron chi connectivity index (χ2n) is 7.02. The van der Waals surface area contributed by atoms with Crippen LogP contribution in [0.1, 0.15) is 49.3 Å². The van der Waals surface area contributed by atoms with Gasteiger partial charge in [0.15, 0.2) is 11.6 Å². The molecular formula is C22H24F3N3O. The number of carbonyl (C=O) groups excluding carboxylic acids is 1. The van der Waals surface area contributed by atoms with Gasteiger partial charge in [0.25, 0.3) is 5.91 Å². The fourth-order valence-electron chi connectivity index (χ4n) is 3.32. The lowest BCUT2D eigenvalue weighted by atomic mass is 10.1. The molecule has 154 valence electrons. The molecule has 0 saturated carbocycles. The van der Waals surface area contributed by atoms with Crippen molar-refractivity contribution in [2.45, 2.75) is 46.2 Å². The van der Waals surface area contributed by atoms with E-state index in [2.05, 4.69) is 4.98 Å². The van der Waals surface area contributed by atoms with Gasteiger partial charge >= 0.3 is 0 Å². The van der Waals surface area contributed by atoms with Crippen molar-refractivity contribution in [2.75, 3.05) is 6.54 Å². The SMILES string of the molecule is CCCCN(Cc1nc2ccc(F)cc2n1CCC)C(=O)c1ccc(F)c(F)c1. The van der Waals surface area contributed by atoms with E-state index in [0.29, 0.717) is 29.9 Å². The fourth-order valence-corrected chi connectivity index (χ4v) is 3.32. The van der Waals surface area contributed by atoms with Crippen molar-refractivity contribution in [3.8, 4) is 0 Å². The number of nitrogens with zero attached hydrogens (tertiary/aromatic N) is 3. The molecule has 3 aromatic rings. The molecule has 0 radical (unpaired) electrons. The highest BCUT2D eigenvalue weighted by molar-refractivity contribution is 5.94. The van der Waals surface area contributed by atoms with Crippen LogP contribution in [0.25, 0.3) is 11.0 Å². The van der Waals surface area contributed by atoms with Gasteiger partial charge in [0.05, 0.1) is 17.6 Å². The Morgan fingerprint density at radius 3 is 2.52 bits per heavy atom. The summed E-state index contributed by atoms with van der Waals surface area (Å²) in [5.41, 5.74) is 1.42. The van der Waals surface area contributed by atoms with E-state index in [9.17, 15) is 18.0 Å². The standard InChI is InChI=1S/C22H24F3N3O/c1-3-5-11-27(22(29)15-6-8-17(24)18(25)12-15)14-21-26-19-9-7-16(23)13-20(19)28(21)10-4-2/h6-9,12-13H,3-5,10-11,14H2,1-2H3. The molecule has 0 N–H and O–H groups in total. The van der Waals surface area contributed by atoms with Crippen LogP contribution in [0.4, 0.5) is 13.2 Å². The van der Waals surface area contributed by atoms with Crippen LogP contribution in [0.3, 0.4) is 0 Å². The Hall–Kier alpha value is -2.83. The summed E-state index contributed by atoms with van der Waals surface area (Å²) in [7, 11) is 0. The summed E-state index contributed by atoms with van der Waals surface area (Å²) in [6.07, 6.45) is 2.46. The summed E-state index contributed by atoms with van der Waals surface area (Å²) in [6.45, 7) is 5.31. The molecule has 4 nitrogen and oxygen atoms in total. The third kappa shape index (κ3) is 4.60. The third-order valence-corrected chi connectivity index (χ3v) is 4.80. The summed E-state index contributed by atoms with van der Waals surface area (Å²) in [6, 6.07) is 7.57. The van der Waals surface area contributed by atoms with Crippen molar-refractivity contribution in [1.82, 2.24) is 14.5 Å². The molecule has 1 heterocycles. The number of amides is 1. The highest BCUT2D eigenvalue weighted by Gasteiger charge is 2.21. The van der Waals surface area contributed by atoms with Crippen molar-refractivity contribution in [3.05, 3.63) is 65.2 Å². The van der Waals surface area contributed by atoms with Crippen molar-refractivity contribution in [1.29, 1.82) is 0 Å². The highest BCUT2D eigenvalue weighted by Crippen LogP contribution is 2.21. The number of halogens is 3. The first-order valence-corrected chi connectivity index (χ1v) is 9.83. The van der Waals surface area contributed by atoms with Crippen LogP contribution in [-0.4, -0.2) is 26.9 Å². The van der Waals surface area contributed by atoms with Gasteiger partial charge in [-0.05, 0) is 49.2 Å². The Morgan fingerprint density at radius 2 is 1.83 bits per heavy atom. The molecule has 2 aromatic carbocycles. The van der Waals surface area contributed by atoms with E-state index < -0.39 is 17.5 Å². The van der Waals surface area contributed by atoms with Gasteiger partial charge in [-0.3, -0.25) is 4.79 Å². The molecule has 0 aliphatic heterocycles. The number of hydrogen-bond acceptors (Lipinski definition) is 2. The number of aromatic nitrogens is 2. The highest BCUT2D eigenvalue weighted by atomic mass is 19.2. The number of hydrogen-bond donors (Lipinski definition) is 0. The Bertz CT molecular complexity index is 1020. The van der Waals surface area contributed by atoms with Gasteiger partial charge in [0, 0.05) is 18.7 Å². The Morgan fingerprint density at radius 1 is 1.03 bits per heavy atom. The smallest absolute Gasteiger partial charge is 0.254 e. The number of fused-ring (bicyclic) bond motifs is 1.